The van der Waals surface area contributed by atoms with Crippen LogP contribution in [0.5, 0.6) is 11.5 Å². The molecule has 6 nitrogen and oxygen atoms in total. The van der Waals surface area contributed by atoms with Crippen LogP contribution in [0.1, 0.15) is 5.56 Å². The molecule has 0 unspecified atom stereocenters. The number of rotatable bonds is 3. The number of fused-ring (bicyclic) bond motifs is 2. The number of hydrogen-bond acceptors (Lipinski definition) is 6. The molecule has 1 fully saturated rings. The SMILES string of the molecule is O=c1cc(CN2CCN(c3ccccc3)CC2)c2cc3c(cc2o1)OCO3. The highest BCUT2D eigenvalue weighted by Gasteiger charge is 2.21. The minimum absolute atomic E-state index is 0.201. The number of ether oxygens (including phenoxy) is 2. The molecule has 5 rings (SSSR count). The van der Waals surface area contributed by atoms with Gasteiger partial charge in [-0.25, -0.2) is 4.79 Å². The minimum Gasteiger partial charge on any atom is -0.454 e. The zero-order valence-electron chi connectivity index (χ0n) is 14.9. The summed E-state index contributed by atoms with van der Waals surface area (Å²) in [5, 5.41) is 0.907. The molecule has 2 aromatic carbocycles. The Morgan fingerprint density at radius 2 is 1.63 bits per heavy atom. The zero-order valence-corrected chi connectivity index (χ0v) is 14.9. The first-order valence-corrected chi connectivity index (χ1v) is 9.15. The molecule has 27 heavy (non-hydrogen) atoms. The van der Waals surface area contributed by atoms with Crippen LogP contribution in [0.3, 0.4) is 0 Å². The summed E-state index contributed by atoms with van der Waals surface area (Å²) < 4.78 is 16.2. The van der Waals surface area contributed by atoms with Crippen molar-refractivity contribution in [1.29, 1.82) is 0 Å². The van der Waals surface area contributed by atoms with Crippen molar-refractivity contribution in [3.8, 4) is 11.5 Å². The standard InChI is InChI=1S/C21H20N2O4/c24-21-10-15(17-11-19-20(26-14-25-19)12-18(17)27-21)13-22-6-8-23(9-7-22)16-4-2-1-3-5-16/h1-5,10-12H,6-9,13-14H2. The van der Waals surface area contributed by atoms with Crippen LogP contribution in [-0.4, -0.2) is 37.9 Å². The molecule has 0 saturated carbocycles. The predicted octanol–water partition coefficient (Wildman–Crippen LogP) is 2.84. The molecular weight excluding hydrogens is 344 g/mol. The van der Waals surface area contributed by atoms with E-state index >= 15 is 0 Å². The first-order chi connectivity index (χ1) is 13.3. The van der Waals surface area contributed by atoms with Crippen molar-refractivity contribution >= 4 is 16.7 Å². The molecule has 0 radical (unpaired) electrons. The summed E-state index contributed by atoms with van der Waals surface area (Å²) in [6, 6.07) is 15.7. The molecule has 0 spiro atoms. The highest BCUT2D eigenvalue weighted by molar-refractivity contribution is 5.84. The maximum Gasteiger partial charge on any atom is 0.336 e. The number of nitrogens with zero attached hydrogens (tertiary/aromatic N) is 2. The lowest BCUT2D eigenvalue weighted by molar-refractivity contribution is 0.174. The van der Waals surface area contributed by atoms with E-state index in [-0.39, 0.29) is 12.4 Å². The van der Waals surface area contributed by atoms with Crippen molar-refractivity contribution in [1.82, 2.24) is 4.90 Å². The number of hydrogen-bond donors (Lipinski definition) is 0. The van der Waals surface area contributed by atoms with Crippen LogP contribution >= 0.6 is 0 Å². The van der Waals surface area contributed by atoms with Crippen LogP contribution in [0.25, 0.3) is 11.0 Å². The van der Waals surface area contributed by atoms with E-state index in [0.29, 0.717) is 23.6 Å². The molecule has 0 N–H and O–H groups in total. The molecule has 0 amide bonds. The van der Waals surface area contributed by atoms with Crippen molar-refractivity contribution < 1.29 is 13.9 Å². The molecule has 3 heterocycles. The van der Waals surface area contributed by atoms with Gasteiger partial charge in [-0.1, -0.05) is 18.2 Å². The maximum absolute atomic E-state index is 12.0. The van der Waals surface area contributed by atoms with Gasteiger partial charge in [-0.3, -0.25) is 4.90 Å². The van der Waals surface area contributed by atoms with E-state index in [4.69, 9.17) is 13.9 Å². The van der Waals surface area contributed by atoms with Gasteiger partial charge in [-0.05, 0) is 23.8 Å². The summed E-state index contributed by atoms with van der Waals surface area (Å²) in [6.45, 7) is 4.74. The van der Waals surface area contributed by atoms with Crippen molar-refractivity contribution in [3.05, 3.63) is 64.5 Å². The van der Waals surface area contributed by atoms with Crippen molar-refractivity contribution in [3.63, 3.8) is 0 Å². The Bertz CT molecular complexity index is 1020. The molecule has 1 aromatic heterocycles. The molecule has 6 heteroatoms. The highest BCUT2D eigenvalue weighted by atomic mass is 16.7. The molecule has 3 aromatic rings. The van der Waals surface area contributed by atoms with E-state index < -0.39 is 0 Å². The third-order valence-corrected chi connectivity index (χ3v) is 5.21. The van der Waals surface area contributed by atoms with Crippen molar-refractivity contribution in [2.45, 2.75) is 6.54 Å². The Morgan fingerprint density at radius 1 is 0.889 bits per heavy atom. The topological polar surface area (TPSA) is 55.2 Å². The van der Waals surface area contributed by atoms with Gasteiger partial charge in [0, 0.05) is 55.9 Å². The molecule has 0 atom stereocenters. The summed E-state index contributed by atoms with van der Waals surface area (Å²) in [5.41, 5.74) is 2.44. The fourth-order valence-electron chi connectivity index (χ4n) is 3.79. The largest absolute Gasteiger partial charge is 0.454 e. The smallest absolute Gasteiger partial charge is 0.336 e. The summed E-state index contributed by atoms with van der Waals surface area (Å²) >= 11 is 0. The molecular formula is C21H20N2O4. The van der Waals surface area contributed by atoms with Gasteiger partial charge in [0.25, 0.3) is 0 Å². The second-order valence-electron chi connectivity index (χ2n) is 6.89. The molecule has 2 aliphatic rings. The van der Waals surface area contributed by atoms with E-state index in [1.807, 2.05) is 12.1 Å². The number of benzene rings is 2. The lowest BCUT2D eigenvalue weighted by Crippen LogP contribution is -2.46. The summed E-state index contributed by atoms with van der Waals surface area (Å²) in [4.78, 5) is 16.8. The Kier molecular flexibility index (Phi) is 3.98. The zero-order chi connectivity index (χ0) is 18.2. The van der Waals surface area contributed by atoms with Gasteiger partial charge in [0.1, 0.15) is 5.58 Å². The Labute approximate surface area is 156 Å². The lowest BCUT2D eigenvalue weighted by atomic mass is 10.1. The van der Waals surface area contributed by atoms with Gasteiger partial charge in [0.2, 0.25) is 6.79 Å². The van der Waals surface area contributed by atoms with E-state index in [2.05, 4.69) is 34.1 Å². The molecule has 138 valence electrons. The van der Waals surface area contributed by atoms with Crippen LogP contribution in [0.4, 0.5) is 5.69 Å². The van der Waals surface area contributed by atoms with Crippen LogP contribution in [0, 0.1) is 0 Å². The van der Waals surface area contributed by atoms with Crippen LogP contribution in [-0.2, 0) is 6.54 Å². The van der Waals surface area contributed by atoms with Crippen LogP contribution in [0.15, 0.2) is 57.7 Å². The fourth-order valence-corrected chi connectivity index (χ4v) is 3.79. The van der Waals surface area contributed by atoms with Gasteiger partial charge in [-0.2, -0.15) is 0 Å². The van der Waals surface area contributed by atoms with Gasteiger partial charge < -0.3 is 18.8 Å². The summed E-state index contributed by atoms with van der Waals surface area (Å²) in [7, 11) is 0. The monoisotopic (exact) mass is 364 g/mol. The number of para-hydroxylation sites is 1. The molecule has 2 aliphatic heterocycles. The molecule has 1 saturated heterocycles. The normalized spacial score (nSPS) is 16.8. The Balaban J connectivity index is 1.37. The summed E-state index contributed by atoms with van der Waals surface area (Å²) in [6.07, 6.45) is 0. The quantitative estimate of drug-likeness (QED) is 0.666. The van der Waals surface area contributed by atoms with Gasteiger partial charge in [0.15, 0.2) is 11.5 Å². The van der Waals surface area contributed by atoms with Crippen molar-refractivity contribution in [2.24, 2.45) is 0 Å². The molecule has 0 bridgehead atoms. The molecule has 0 aliphatic carbocycles. The highest BCUT2D eigenvalue weighted by Crippen LogP contribution is 2.37. The maximum atomic E-state index is 12.0. The average Bonchev–Trinajstić information content (AvgIpc) is 3.15. The average molecular weight is 364 g/mol. The fraction of sp³-hybridized carbons (Fsp3) is 0.286. The van der Waals surface area contributed by atoms with Gasteiger partial charge in [-0.15, -0.1) is 0 Å². The first kappa shape index (κ1) is 16.2. The van der Waals surface area contributed by atoms with E-state index in [9.17, 15) is 4.79 Å². The van der Waals surface area contributed by atoms with E-state index in [1.165, 1.54) is 5.69 Å². The number of piperazine rings is 1. The lowest BCUT2D eigenvalue weighted by Gasteiger charge is -2.36. The van der Waals surface area contributed by atoms with Gasteiger partial charge in [0.05, 0.1) is 0 Å². The number of anilines is 1. The predicted molar refractivity (Wildman–Crippen MR) is 103 cm³/mol. The minimum atomic E-state index is -0.334. The van der Waals surface area contributed by atoms with Crippen LogP contribution < -0.4 is 20.0 Å². The van der Waals surface area contributed by atoms with Crippen molar-refractivity contribution in [2.75, 3.05) is 37.9 Å². The van der Waals surface area contributed by atoms with E-state index in [0.717, 1.165) is 37.1 Å². The Morgan fingerprint density at radius 3 is 2.41 bits per heavy atom. The van der Waals surface area contributed by atoms with Gasteiger partial charge >= 0.3 is 5.63 Å². The van der Waals surface area contributed by atoms with Crippen LogP contribution in [0.2, 0.25) is 0 Å². The second kappa shape index (κ2) is 6.63. The van der Waals surface area contributed by atoms with E-state index in [1.54, 1.807) is 12.1 Å². The first-order valence-electron chi connectivity index (χ1n) is 9.15. The third-order valence-electron chi connectivity index (χ3n) is 5.21. The summed E-state index contributed by atoms with van der Waals surface area (Å²) in [5.74, 6) is 1.32. The second-order valence-corrected chi connectivity index (χ2v) is 6.89. The third kappa shape index (κ3) is 3.13. The Hall–Kier alpha value is -2.99.